The summed E-state index contributed by atoms with van der Waals surface area (Å²) in [4.78, 5) is 0. The minimum Gasteiger partial charge on any atom is -0.478 e. The molecule has 3 rings (SSSR count). The van der Waals surface area contributed by atoms with E-state index < -0.39 is 13.7 Å². The number of aliphatic hydroxyl groups excluding tert-OH is 1. The first-order valence-corrected chi connectivity index (χ1v) is 12.8. The van der Waals surface area contributed by atoms with Crippen molar-refractivity contribution in [3.8, 4) is 29.3 Å². The highest BCUT2D eigenvalue weighted by molar-refractivity contribution is 7.55. The fourth-order valence-corrected chi connectivity index (χ4v) is 4.67. The van der Waals surface area contributed by atoms with Crippen LogP contribution in [0.3, 0.4) is 0 Å². The van der Waals surface area contributed by atoms with Crippen LogP contribution in [0.5, 0.6) is 17.2 Å². The van der Waals surface area contributed by atoms with Crippen molar-refractivity contribution in [1.82, 2.24) is 0 Å². The lowest BCUT2D eigenvalue weighted by molar-refractivity contribution is 0.277. The largest absolute Gasteiger partial charge is 0.478 e. The smallest absolute Gasteiger partial charge is 0.433 e. The van der Waals surface area contributed by atoms with Crippen LogP contribution in [0.1, 0.15) is 45.7 Å². The molecule has 2 unspecified atom stereocenters. The van der Waals surface area contributed by atoms with Crippen LogP contribution < -0.4 is 13.8 Å². The van der Waals surface area contributed by atoms with Crippen LogP contribution in [0.15, 0.2) is 78.9 Å². The van der Waals surface area contributed by atoms with E-state index in [1.54, 1.807) is 19.1 Å². The number of hydrogen-bond acceptors (Lipinski definition) is 5. The molecule has 0 aliphatic carbocycles. The average Bonchev–Trinajstić information content (AvgIpc) is 2.80. The normalized spacial score (nSPS) is 13.8. The average molecular weight is 479 g/mol. The van der Waals surface area contributed by atoms with Gasteiger partial charge < -0.3 is 18.9 Å². The third-order valence-corrected chi connectivity index (χ3v) is 7.77. The van der Waals surface area contributed by atoms with Gasteiger partial charge >= 0.3 is 7.60 Å². The van der Waals surface area contributed by atoms with Crippen molar-refractivity contribution >= 4 is 7.60 Å². The van der Waals surface area contributed by atoms with Crippen molar-refractivity contribution in [2.24, 2.45) is 0 Å². The second kappa shape index (κ2) is 10.7. The van der Waals surface area contributed by atoms with Gasteiger partial charge in [0.25, 0.3) is 0 Å². The molecule has 3 aromatic carbocycles. The van der Waals surface area contributed by atoms with Gasteiger partial charge in [0.05, 0.1) is 5.66 Å². The van der Waals surface area contributed by atoms with Gasteiger partial charge in [0, 0.05) is 5.41 Å². The Bertz CT molecular complexity index is 1170. The highest BCUT2D eigenvalue weighted by Gasteiger charge is 2.33. The molecule has 0 bridgehead atoms. The molecule has 0 spiro atoms. The maximum atomic E-state index is 13.4. The Morgan fingerprint density at radius 2 is 1.24 bits per heavy atom. The van der Waals surface area contributed by atoms with Gasteiger partial charge in [-0.3, -0.25) is 0 Å². The highest BCUT2D eigenvalue weighted by atomic mass is 31.2. The van der Waals surface area contributed by atoms with E-state index in [1.165, 1.54) is 0 Å². The molecule has 178 valence electrons. The summed E-state index contributed by atoms with van der Waals surface area (Å²) >= 11 is 0. The first kappa shape index (κ1) is 25.3. The Morgan fingerprint density at radius 1 is 0.765 bits per heavy atom. The summed E-state index contributed by atoms with van der Waals surface area (Å²) in [6.07, 6.45) is 1.47. The molecule has 3 aromatic rings. The summed E-state index contributed by atoms with van der Waals surface area (Å²) < 4.78 is 30.8. The quantitative estimate of drug-likeness (QED) is 0.261. The lowest BCUT2D eigenvalue weighted by Crippen LogP contribution is -2.19. The maximum absolute atomic E-state index is 13.4. The molecule has 1 N–H and O–H groups in total. The first-order chi connectivity index (χ1) is 16.1. The summed E-state index contributed by atoms with van der Waals surface area (Å²) in [6, 6.07) is 24.5. The topological polar surface area (TPSA) is 65.0 Å². The van der Waals surface area contributed by atoms with E-state index in [-0.39, 0.29) is 11.1 Å². The Labute approximate surface area is 202 Å². The third-order valence-electron chi connectivity index (χ3n) is 5.57. The van der Waals surface area contributed by atoms with Gasteiger partial charge in [0.15, 0.2) is 6.10 Å². The molecule has 0 aliphatic rings. The zero-order valence-electron chi connectivity index (χ0n) is 20.2. The van der Waals surface area contributed by atoms with Crippen molar-refractivity contribution in [1.29, 1.82) is 0 Å². The monoisotopic (exact) mass is 478 g/mol. The predicted molar refractivity (Wildman–Crippen MR) is 135 cm³/mol. The van der Waals surface area contributed by atoms with Crippen LogP contribution in [0, 0.1) is 12.0 Å². The molecule has 0 radical (unpaired) electrons. The molecule has 0 aliphatic heterocycles. The van der Waals surface area contributed by atoms with Crippen molar-refractivity contribution in [2.75, 3.05) is 0 Å². The number of ether oxygens (including phenoxy) is 1. The molecular formula is C28H31O5P. The van der Waals surface area contributed by atoms with Crippen LogP contribution in [0.2, 0.25) is 0 Å². The molecule has 0 saturated carbocycles. The van der Waals surface area contributed by atoms with Gasteiger partial charge in [-0.25, -0.2) is 4.57 Å². The van der Waals surface area contributed by atoms with Gasteiger partial charge in [0.1, 0.15) is 23.4 Å². The molecular weight excluding hydrogens is 447 g/mol. The highest BCUT2D eigenvalue weighted by Crippen LogP contribution is 2.52. The molecule has 0 fully saturated rings. The number of aliphatic hydroxyl groups is 1. The van der Waals surface area contributed by atoms with Crippen molar-refractivity contribution < 1.29 is 23.5 Å². The molecule has 0 heterocycles. The van der Waals surface area contributed by atoms with Crippen molar-refractivity contribution in [2.45, 2.75) is 51.8 Å². The first-order valence-electron chi connectivity index (χ1n) is 11.2. The molecule has 0 saturated heterocycles. The zero-order chi connectivity index (χ0) is 24.8. The Kier molecular flexibility index (Phi) is 7.97. The Balaban J connectivity index is 1.75. The second-order valence-corrected chi connectivity index (χ2v) is 11.3. The van der Waals surface area contributed by atoms with Gasteiger partial charge in [0.2, 0.25) is 0 Å². The molecule has 0 amide bonds. The van der Waals surface area contributed by atoms with Crippen LogP contribution in [-0.2, 0) is 9.98 Å². The standard InChI is InChI=1S/C28H31O5P/c1-21(2)34(30,32-26-9-7-6-8-10-26)33-27-17-13-24(14-18-27)28(4,5)23-11-15-25(16-12-23)31-22(3)19-20-29/h6-18,21-22,29H,1-5H3. The minimum absolute atomic E-state index is 0.282. The summed E-state index contributed by atoms with van der Waals surface area (Å²) in [5, 5.41) is 8.69. The fourth-order valence-electron chi connectivity index (χ4n) is 3.38. The van der Waals surface area contributed by atoms with E-state index in [9.17, 15) is 4.57 Å². The number of benzene rings is 3. The van der Waals surface area contributed by atoms with Gasteiger partial charge in [-0.1, -0.05) is 56.3 Å². The van der Waals surface area contributed by atoms with Crippen LogP contribution >= 0.6 is 7.60 Å². The number of para-hydroxylation sites is 1. The summed E-state index contributed by atoms with van der Waals surface area (Å²) in [5.74, 6) is 4.24. The van der Waals surface area contributed by atoms with E-state index >= 15 is 0 Å². The number of hydrogen-bond donors (Lipinski definition) is 1. The summed E-state index contributed by atoms with van der Waals surface area (Å²) in [5.41, 5.74) is 1.59. The van der Waals surface area contributed by atoms with Crippen LogP contribution in [0.25, 0.3) is 0 Å². The molecule has 0 aromatic heterocycles. The molecule has 34 heavy (non-hydrogen) atoms. The van der Waals surface area contributed by atoms with E-state index in [4.69, 9.17) is 18.9 Å². The van der Waals surface area contributed by atoms with Gasteiger partial charge in [-0.05, 0) is 74.2 Å². The zero-order valence-corrected chi connectivity index (χ0v) is 21.1. The van der Waals surface area contributed by atoms with E-state index in [0.717, 1.165) is 11.1 Å². The molecule has 2 atom stereocenters. The van der Waals surface area contributed by atoms with Crippen LogP contribution in [0.4, 0.5) is 0 Å². The third kappa shape index (κ3) is 6.16. The minimum atomic E-state index is -3.41. The van der Waals surface area contributed by atoms with E-state index in [1.807, 2.05) is 86.7 Å². The second-order valence-electron chi connectivity index (χ2n) is 8.82. The summed E-state index contributed by atoms with van der Waals surface area (Å²) in [6.45, 7) is 9.69. The van der Waals surface area contributed by atoms with Gasteiger partial charge in [-0.15, -0.1) is 0 Å². The Morgan fingerprint density at radius 3 is 1.71 bits per heavy atom. The lowest BCUT2D eigenvalue weighted by atomic mass is 9.78. The molecule has 6 heteroatoms. The van der Waals surface area contributed by atoms with Crippen molar-refractivity contribution in [3.05, 3.63) is 90.0 Å². The predicted octanol–water partition coefficient (Wildman–Crippen LogP) is 7.17. The van der Waals surface area contributed by atoms with E-state index in [2.05, 4.69) is 19.8 Å². The lowest BCUT2D eigenvalue weighted by Gasteiger charge is -2.27. The maximum Gasteiger partial charge on any atom is 0.433 e. The fraction of sp³-hybridized carbons (Fsp3) is 0.286. The summed E-state index contributed by atoms with van der Waals surface area (Å²) in [7, 11) is -3.41. The van der Waals surface area contributed by atoms with Crippen molar-refractivity contribution in [3.63, 3.8) is 0 Å². The molecule has 5 nitrogen and oxygen atoms in total. The van der Waals surface area contributed by atoms with Gasteiger partial charge in [-0.2, -0.15) is 0 Å². The van der Waals surface area contributed by atoms with Crippen LogP contribution in [-0.4, -0.2) is 16.9 Å². The number of rotatable bonds is 9. The Hall–Kier alpha value is -3.35. The van der Waals surface area contributed by atoms with E-state index in [0.29, 0.717) is 17.2 Å². The SMILES string of the molecule is CC(C#CO)Oc1ccc(C(C)(C)c2ccc(OP(=O)(Oc3ccccc3)C(C)C)cc2)cc1.